The van der Waals surface area contributed by atoms with E-state index in [4.69, 9.17) is 0 Å². The van der Waals surface area contributed by atoms with Crippen LogP contribution in [0.5, 0.6) is 0 Å². The van der Waals surface area contributed by atoms with Crippen molar-refractivity contribution in [3.8, 4) is 0 Å². The number of nitrogens with zero attached hydrogens (tertiary/aromatic N) is 2. The molecule has 0 aliphatic heterocycles. The summed E-state index contributed by atoms with van der Waals surface area (Å²) in [6, 6.07) is 1.66. The molecule has 0 radical (unpaired) electrons. The van der Waals surface area contributed by atoms with E-state index >= 15 is 0 Å². The summed E-state index contributed by atoms with van der Waals surface area (Å²) >= 11 is 0. The Morgan fingerprint density at radius 1 is 1.00 bits per heavy atom. The summed E-state index contributed by atoms with van der Waals surface area (Å²) in [7, 11) is 1.75. The maximum atomic E-state index is 9.35. The van der Waals surface area contributed by atoms with Crippen LogP contribution in [-0.2, 0) is 5.41 Å². The zero-order valence-electron chi connectivity index (χ0n) is 12.4. The van der Waals surface area contributed by atoms with Crippen molar-refractivity contribution < 1.29 is 15.3 Å². The number of nitrogens with one attached hydrogen (secondary N) is 2. The van der Waals surface area contributed by atoms with Crippen molar-refractivity contribution in [3.63, 3.8) is 0 Å². The molecule has 7 heteroatoms. The second-order valence-corrected chi connectivity index (χ2v) is 5.84. The first kappa shape index (κ1) is 16.6. The summed E-state index contributed by atoms with van der Waals surface area (Å²) in [6.45, 7) is 4.73. The van der Waals surface area contributed by atoms with Crippen molar-refractivity contribution in [2.75, 3.05) is 37.5 Å². The van der Waals surface area contributed by atoms with Crippen molar-refractivity contribution in [3.05, 3.63) is 11.9 Å². The average molecular weight is 284 g/mol. The van der Waals surface area contributed by atoms with Crippen LogP contribution in [0.25, 0.3) is 0 Å². The monoisotopic (exact) mass is 284 g/mol. The Balaban J connectivity index is 3.18. The van der Waals surface area contributed by atoms with Crippen LogP contribution in [-0.4, -0.2) is 57.7 Å². The van der Waals surface area contributed by atoms with Gasteiger partial charge in [0.25, 0.3) is 0 Å². The lowest BCUT2D eigenvalue weighted by molar-refractivity contribution is 0.0830. The fraction of sp³-hybridized carbons (Fsp3) is 0.692. The van der Waals surface area contributed by atoms with Crippen LogP contribution >= 0.6 is 0 Å². The van der Waals surface area contributed by atoms with Gasteiger partial charge in [-0.3, -0.25) is 0 Å². The lowest BCUT2D eigenvalue weighted by atomic mass is 9.95. The Morgan fingerprint density at radius 2 is 1.50 bits per heavy atom. The molecule has 0 aliphatic carbocycles. The predicted octanol–water partition coefficient (Wildman–Crippen LogP) is -0.0566. The van der Waals surface area contributed by atoms with Gasteiger partial charge >= 0.3 is 0 Å². The van der Waals surface area contributed by atoms with Gasteiger partial charge in [0.05, 0.1) is 19.8 Å². The van der Waals surface area contributed by atoms with Crippen molar-refractivity contribution in [1.29, 1.82) is 0 Å². The second-order valence-electron chi connectivity index (χ2n) is 5.84. The Bertz CT molecular complexity index is 433. The Hall–Kier alpha value is -1.44. The van der Waals surface area contributed by atoms with E-state index in [9.17, 15) is 15.3 Å². The molecule has 0 saturated heterocycles. The molecule has 114 valence electrons. The van der Waals surface area contributed by atoms with Crippen molar-refractivity contribution in [1.82, 2.24) is 9.97 Å². The van der Waals surface area contributed by atoms with Crippen LogP contribution < -0.4 is 10.6 Å². The van der Waals surface area contributed by atoms with E-state index in [1.54, 1.807) is 13.1 Å². The minimum Gasteiger partial charge on any atom is -0.394 e. The number of rotatable bonds is 6. The van der Waals surface area contributed by atoms with Crippen molar-refractivity contribution in [2.45, 2.75) is 31.7 Å². The minimum absolute atomic E-state index is 0.246. The van der Waals surface area contributed by atoms with Gasteiger partial charge in [-0.2, -0.15) is 0 Å². The summed E-state index contributed by atoms with van der Waals surface area (Å²) in [4.78, 5) is 8.77. The highest BCUT2D eigenvalue weighted by molar-refractivity contribution is 5.49. The average Bonchev–Trinajstić information content (AvgIpc) is 2.43. The standard InChI is InChI=1S/C13H24N4O3/c1-12(2,3)11-15-9(14-4)5-10(16-11)17-13(6-18,7-19)8-20/h5,18-20H,6-8H2,1-4H3,(H2,14,15,16,17). The molecule has 1 heterocycles. The topological polar surface area (TPSA) is 111 Å². The molecule has 0 spiro atoms. The number of aliphatic hydroxyl groups excluding tert-OH is 3. The van der Waals surface area contributed by atoms with Gasteiger partial charge in [0.15, 0.2) is 0 Å². The lowest BCUT2D eigenvalue weighted by Crippen LogP contribution is -2.49. The van der Waals surface area contributed by atoms with E-state index in [2.05, 4.69) is 20.6 Å². The smallest absolute Gasteiger partial charge is 0.138 e. The van der Waals surface area contributed by atoms with Gasteiger partial charge in [0.2, 0.25) is 0 Å². The van der Waals surface area contributed by atoms with E-state index in [1.165, 1.54) is 0 Å². The summed E-state index contributed by atoms with van der Waals surface area (Å²) in [5.41, 5.74) is -1.46. The summed E-state index contributed by atoms with van der Waals surface area (Å²) in [6.07, 6.45) is 0. The zero-order valence-corrected chi connectivity index (χ0v) is 12.4. The van der Waals surface area contributed by atoms with E-state index in [-0.39, 0.29) is 5.41 Å². The quantitative estimate of drug-likeness (QED) is 0.498. The van der Waals surface area contributed by atoms with Crippen molar-refractivity contribution >= 4 is 11.6 Å². The first-order chi connectivity index (χ1) is 9.30. The fourth-order valence-electron chi connectivity index (χ4n) is 1.52. The third kappa shape index (κ3) is 3.78. The van der Waals surface area contributed by atoms with Crippen LogP contribution in [0.15, 0.2) is 6.07 Å². The van der Waals surface area contributed by atoms with E-state index in [0.29, 0.717) is 17.5 Å². The molecular weight excluding hydrogens is 260 g/mol. The van der Waals surface area contributed by atoms with Gasteiger partial charge in [-0.1, -0.05) is 20.8 Å². The van der Waals surface area contributed by atoms with E-state index < -0.39 is 25.4 Å². The molecule has 7 nitrogen and oxygen atoms in total. The SMILES string of the molecule is CNc1cc(NC(CO)(CO)CO)nc(C(C)(C)C)n1. The number of aliphatic hydroxyl groups is 3. The number of hydrogen-bond donors (Lipinski definition) is 5. The third-order valence-corrected chi connectivity index (χ3v) is 2.95. The molecule has 0 aliphatic rings. The summed E-state index contributed by atoms with van der Waals surface area (Å²) in [5.74, 6) is 1.68. The Labute approximate surface area is 119 Å². The molecule has 5 N–H and O–H groups in total. The Morgan fingerprint density at radius 3 is 1.90 bits per heavy atom. The predicted molar refractivity (Wildman–Crippen MR) is 77.9 cm³/mol. The summed E-state index contributed by atoms with van der Waals surface area (Å²) in [5, 5.41) is 33.9. The number of anilines is 2. The van der Waals surface area contributed by atoms with E-state index in [0.717, 1.165) is 0 Å². The maximum Gasteiger partial charge on any atom is 0.138 e. The first-order valence-electron chi connectivity index (χ1n) is 6.48. The highest BCUT2D eigenvalue weighted by Gasteiger charge is 2.29. The van der Waals surface area contributed by atoms with Gasteiger partial charge in [-0.05, 0) is 0 Å². The van der Waals surface area contributed by atoms with Crippen LogP contribution in [0, 0.1) is 0 Å². The van der Waals surface area contributed by atoms with Crippen LogP contribution in [0.3, 0.4) is 0 Å². The molecule has 1 aromatic rings. The molecule has 0 atom stereocenters. The molecular formula is C13H24N4O3. The van der Waals surface area contributed by atoms with Crippen LogP contribution in [0.1, 0.15) is 26.6 Å². The second kappa shape index (κ2) is 6.34. The lowest BCUT2D eigenvalue weighted by Gasteiger charge is -2.30. The van der Waals surface area contributed by atoms with Gasteiger partial charge in [-0.15, -0.1) is 0 Å². The molecule has 0 bridgehead atoms. The van der Waals surface area contributed by atoms with Crippen molar-refractivity contribution in [2.24, 2.45) is 0 Å². The van der Waals surface area contributed by atoms with Gasteiger partial charge < -0.3 is 26.0 Å². The van der Waals surface area contributed by atoms with E-state index in [1.807, 2.05) is 20.8 Å². The number of hydrogen-bond acceptors (Lipinski definition) is 7. The molecule has 0 aromatic carbocycles. The molecule has 1 rings (SSSR count). The van der Waals surface area contributed by atoms with Gasteiger partial charge in [-0.25, -0.2) is 9.97 Å². The molecule has 0 unspecified atom stereocenters. The zero-order chi connectivity index (χ0) is 15.4. The van der Waals surface area contributed by atoms with Gasteiger partial charge in [0.1, 0.15) is 23.0 Å². The highest BCUT2D eigenvalue weighted by atomic mass is 16.3. The molecule has 20 heavy (non-hydrogen) atoms. The minimum atomic E-state index is -1.21. The summed E-state index contributed by atoms with van der Waals surface area (Å²) < 4.78 is 0. The Kier molecular flexibility index (Phi) is 5.27. The highest BCUT2D eigenvalue weighted by Crippen LogP contribution is 2.23. The first-order valence-corrected chi connectivity index (χ1v) is 6.48. The fourth-order valence-corrected chi connectivity index (χ4v) is 1.52. The molecule has 0 fully saturated rings. The molecule has 1 aromatic heterocycles. The van der Waals surface area contributed by atoms with Crippen LogP contribution in [0.4, 0.5) is 11.6 Å². The number of aromatic nitrogens is 2. The molecule has 0 amide bonds. The maximum absolute atomic E-state index is 9.35. The van der Waals surface area contributed by atoms with Crippen LogP contribution in [0.2, 0.25) is 0 Å². The largest absolute Gasteiger partial charge is 0.394 e. The molecule has 0 saturated carbocycles. The normalized spacial score (nSPS) is 12.3. The van der Waals surface area contributed by atoms with Gasteiger partial charge in [0, 0.05) is 18.5 Å². The third-order valence-electron chi connectivity index (χ3n) is 2.95.